The third-order valence-corrected chi connectivity index (χ3v) is 3.91. The number of hydrogen-bond donors (Lipinski definition) is 1. The van der Waals surface area contributed by atoms with Gasteiger partial charge in [-0.1, -0.05) is 42.6 Å². The molecule has 0 saturated carbocycles. The van der Waals surface area contributed by atoms with E-state index in [-0.39, 0.29) is 16.0 Å². The van der Waals surface area contributed by atoms with Gasteiger partial charge in [0.15, 0.2) is 0 Å². The molecule has 1 rings (SSSR count). The van der Waals surface area contributed by atoms with Crippen molar-refractivity contribution in [3.8, 4) is 0 Å². The largest absolute Gasteiger partial charge is 0.419 e. The Balaban J connectivity index is 3.35. The monoisotopic (exact) mass is 342 g/mol. The molecular weight excluding hydrogens is 328 g/mol. The van der Waals surface area contributed by atoms with Crippen LogP contribution in [0.25, 0.3) is 0 Å². The first-order chi connectivity index (χ1) is 8.73. The minimum absolute atomic E-state index is 0.150. The second-order valence-corrected chi connectivity index (χ2v) is 5.20. The molecule has 19 heavy (non-hydrogen) atoms. The lowest BCUT2D eigenvalue weighted by molar-refractivity contribution is -0.140. The van der Waals surface area contributed by atoms with Crippen molar-refractivity contribution in [1.29, 1.82) is 0 Å². The lowest BCUT2D eigenvalue weighted by Gasteiger charge is -2.23. The maximum Gasteiger partial charge on any atom is 0.419 e. The molecule has 1 atom stereocenters. The molecule has 1 nitrogen and oxygen atoms in total. The summed E-state index contributed by atoms with van der Waals surface area (Å²) in [7, 11) is 0. The van der Waals surface area contributed by atoms with E-state index in [4.69, 9.17) is 0 Å². The van der Waals surface area contributed by atoms with Crippen molar-refractivity contribution in [3.05, 3.63) is 33.5 Å². The van der Waals surface area contributed by atoms with Gasteiger partial charge in [0.2, 0.25) is 0 Å². The van der Waals surface area contributed by atoms with Crippen LogP contribution in [0, 0.1) is 11.7 Å². The number of halogens is 5. The molecule has 0 radical (unpaired) electrons. The van der Waals surface area contributed by atoms with Crippen molar-refractivity contribution >= 4 is 15.9 Å². The van der Waals surface area contributed by atoms with E-state index in [2.05, 4.69) is 15.9 Å². The number of rotatable bonds is 4. The molecule has 0 saturated heterocycles. The number of benzene rings is 1. The minimum atomic E-state index is -4.77. The lowest BCUT2D eigenvalue weighted by Crippen LogP contribution is -2.17. The van der Waals surface area contributed by atoms with E-state index in [1.807, 2.05) is 0 Å². The molecule has 0 aliphatic rings. The molecule has 0 fully saturated rings. The van der Waals surface area contributed by atoms with Crippen LogP contribution in [0.3, 0.4) is 0 Å². The zero-order valence-corrected chi connectivity index (χ0v) is 12.1. The highest BCUT2D eigenvalue weighted by molar-refractivity contribution is 9.10. The molecule has 0 spiro atoms. The number of alkyl halides is 3. The number of hydrogen-bond acceptors (Lipinski definition) is 1. The van der Waals surface area contributed by atoms with Crippen LogP contribution in [0.4, 0.5) is 17.6 Å². The van der Waals surface area contributed by atoms with E-state index in [9.17, 15) is 22.7 Å². The Morgan fingerprint density at radius 1 is 1.21 bits per heavy atom. The molecule has 0 bridgehead atoms. The standard InChI is InChI=1S/C13H15BrF4O/c1-3-7(4-2)12(19)10-9(14)6-5-8(11(10)15)13(16,17)18/h5-7,12,19H,3-4H2,1-2H3. The first kappa shape index (κ1) is 16.4. The third kappa shape index (κ3) is 3.48. The Bertz CT molecular complexity index is 441. The lowest BCUT2D eigenvalue weighted by atomic mass is 9.90. The van der Waals surface area contributed by atoms with Gasteiger partial charge in [-0.2, -0.15) is 13.2 Å². The maximum absolute atomic E-state index is 14.0. The summed E-state index contributed by atoms with van der Waals surface area (Å²) in [5.74, 6) is -1.68. The van der Waals surface area contributed by atoms with Gasteiger partial charge in [-0.25, -0.2) is 4.39 Å². The van der Waals surface area contributed by atoms with Crippen LogP contribution < -0.4 is 0 Å². The normalized spacial score (nSPS) is 13.9. The SMILES string of the molecule is CCC(CC)C(O)c1c(Br)ccc(C(F)(F)F)c1F. The quantitative estimate of drug-likeness (QED) is 0.756. The summed E-state index contributed by atoms with van der Waals surface area (Å²) in [5, 5.41) is 10.1. The summed E-state index contributed by atoms with van der Waals surface area (Å²) in [5.41, 5.74) is -1.67. The van der Waals surface area contributed by atoms with Crippen LogP contribution in [0.2, 0.25) is 0 Å². The van der Waals surface area contributed by atoms with Gasteiger partial charge in [-0.3, -0.25) is 0 Å². The van der Waals surface area contributed by atoms with Gasteiger partial charge in [0, 0.05) is 10.0 Å². The Morgan fingerprint density at radius 3 is 2.16 bits per heavy atom. The van der Waals surface area contributed by atoms with Crippen molar-refractivity contribution in [2.24, 2.45) is 5.92 Å². The average molecular weight is 343 g/mol. The second-order valence-electron chi connectivity index (χ2n) is 4.34. The Hall–Kier alpha value is -0.620. The van der Waals surface area contributed by atoms with Crippen molar-refractivity contribution in [2.75, 3.05) is 0 Å². The number of aliphatic hydroxyl groups excluding tert-OH is 1. The first-order valence-electron chi connectivity index (χ1n) is 5.97. The van der Waals surface area contributed by atoms with E-state index in [0.29, 0.717) is 18.9 Å². The van der Waals surface area contributed by atoms with Gasteiger partial charge in [-0.15, -0.1) is 0 Å². The fourth-order valence-corrected chi connectivity index (χ4v) is 2.57. The molecule has 108 valence electrons. The van der Waals surface area contributed by atoms with E-state index in [1.54, 1.807) is 13.8 Å². The summed E-state index contributed by atoms with van der Waals surface area (Å²) in [6.07, 6.45) is -4.92. The molecule has 1 unspecified atom stereocenters. The molecule has 0 aromatic heterocycles. The molecular formula is C13H15BrF4O. The van der Waals surface area contributed by atoms with Crippen LogP contribution in [0.15, 0.2) is 16.6 Å². The van der Waals surface area contributed by atoms with E-state index >= 15 is 0 Å². The van der Waals surface area contributed by atoms with Crippen LogP contribution in [-0.2, 0) is 6.18 Å². The van der Waals surface area contributed by atoms with Gasteiger partial charge in [0.1, 0.15) is 5.82 Å². The summed E-state index contributed by atoms with van der Waals surface area (Å²) in [4.78, 5) is 0. The molecule has 1 aromatic rings. The Kier molecular flexibility index (Phi) is 5.38. The van der Waals surface area contributed by atoms with Crippen LogP contribution in [-0.4, -0.2) is 5.11 Å². The van der Waals surface area contributed by atoms with Crippen molar-refractivity contribution < 1.29 is 22.7 Å². The Morgan fingerprint density at radius 2 is 1.74 bits per heavy atom. The first-order valence-corrected chi connectivity index (χ1v) is 6.76. The molecule has 1 N–H and O–H groups in total. The van der Waals surface area contributed by atoms with Crippen molar-refractivity contribution in [3.63, 3.8) is 0 Å². The van der Waals surface area contributed by atoms with Gasteiger partial charge in [0.25, 0.3) is 0 Å². The smallest absolute Gasteiger partial charge is 0.388 e. The van der Waals surface area contributed by atoms with Crippen LogP contribution in [0.1, 0.15) is 43.9 Å². The third-order valence-electron chi connectivity index (χ3n) is 3.22. The predicted octanol–water partition coefficient (Wildman–Crippen LogP) is 5.08. The zero-order chi connectivity index (χ0) is 14.8. The van der Waals surface area contributed by atoms with Gasteiger partial charge in [-0.05, 0) is 18.1 Å². The topological polar surface area (TPSA) is 20.2 Å². The highest BCUT2D eigenvalue weighted by atomic mass is 79.9. The molecule has 6 heteroatoms. The molecule has 0 aliphatic carbocycles. The van der Waals surface area contributed by atoms with Crippen molar-refractivity contribution in [2.45, 2.75) is 39.0 Å². The van der Waals surface area contributed by atoms with Gasteiger partial charge >= 0.3 is 6.18 Å². The highest BCUT2D eigenvalue weighted by Gasteiger charge is 2.37. The second kappa shape index (κ2) is 6.22. The van der Waals surface area contributed by atoms with Crippen LogP contribution >= 0.6 is 15.9 Å². The van der Waals surface area contributed by atoms with E-state index in [0.717, 1.165) is 6.07 Å². The molecule has 0 aliphatic heterocycles. The molecule has 1 aromatic carbocycles. The summed E-state index contributed by atoms with van der Waals surface area (Å²) < 4.78 is 52.1. The fourth-order valence-electron chi connectivity index (χ4n) is 2.03. The van der Waals surface area contributed by atoms with E-state index in [1.165, 1.54) is 0 Å². The Labute approximate surface area is 117 Å². The maximum atomic E-state index is 14.0. The minimum Gasteiger partial charge on any atom is -0.388 e. The average Bonchev–Trinajstić information content (AvgIpc) is 2.28. The van der Waals surface area contributed by atoms with Gasteiger partial charge in [0.05, 0.1) is 11.7 Å². The summed E-state index contributed by atoms with van der Waals surface area (Å²) in [6.45, 7) is 3.60. The molecule has 0 amide bonds. The summed E-state index contributed by atoms with van der Waals surface area (Å²) in [6, 6.07) is 1.79. The fraction of sp³-hybridized carbons (Fsp3) is 0.538. The highest BCUT2D eigenvalue weighted by Crippen LogP contribution is 2.39. The predicted molar refractivity (Wildman–Crippen MR) is 68.1 cm³/mol. The number of aliphatic hydroxyl groups is 1. The van der Waals surface area contributed by atoms with Crippen LogP contribution in [0.5, 0.6) is 0 Å². The van der Waals surface area contributed by atoms with Gasteiger partial charge < -0.3 is 5.11 Å². The van der Waals surface area contributed by atoms with Crippen molar-refractivity contribution in [1.82, 2.24) is 0 Å². The zero-order valence-electron chi connectivity index (χ0n) is 10.6. The summed E-state index contributed by atoms with van der Waals surface area (Å²) >= 11 is 3.01. The molecule has 0 heterocycles. The van der Waals surface area contributed by atoms with E-state index < -0.39 is 23.7 Å².